The van der Waals surface area contributed by atoms with Gasteiger partial charge in [-0.2, -0.15) is 0 Å². The van der Waals surface area contributed by atoms with E-state index < -0.39 is 0 Å². The van der Waals surface area contributed by atoms with Crippen LogP contribution >= 0.6 is 0 Å². The maximum absolute atomic E-state index is 11.5. The van der Waals surface area contributed by atoms with Crippen LogP contribution in [-0.4, -0.2) is 30.3 Å². The van der Waals surface area contributed by atoms with E-state index in [1.54, 1.807) is 0 Å². The summed E-state index contributed by atoms with van der Waals surface area (Å²) < 4.78 is 0. The number of hydrogen-bond acceptors (Lipinski definition) is 2. The summed E-state index contributed by atoms with van der Waals surface area (Å²) in [6, 6.07) is -0.0427. The molecule has 16 heavy (non-hydrogen) atoms. The Labute approximate surface area is 98.8 Å². The fourth-order valence-corrected chi connectivity index (χ4v) is 1.59. The highest BCUT2D eigenvalue weighted by molar-refractivity contribution is 5.74. The molecule has 0 fully saturated rings. The van der Waals surface area contributed by atoms with Crippen LogP contribution in [0.25, 0.3) is 0 Å². The van der Waals surface area contributed by atoms with Crippen molar-refractivity contribution in [2.24, 2.45) is 5.92 Å². The number of hydrogen-bond donors (Lipinski definition) is 3. The molecule has 0 spiro atoms. The van der Waals surface area contributed by atoms with Crippen LogP contribution in [0.3, 0.4) is 0 Å². The minimum absolute atomic E-state index is 0.0757. The summed E-state index contributed by atoms with van der Waals surface area (Å²) in [5.41, 5.74) is 0. The number of urea groups is 1. The van der Waals surface area contributed by atoms with Gasteiger partial charge in [-0.3, -0.25) is 0 Å². The number of carbonyl (C=O) groups is 1. The van der Waals surface area contributed by atoms with Crippen molar-refractivity contribution >= 4 is 6.03 Å². The van der Waals surface area contributed by atoms with Gasteiger partial charge in [0.15, 0.2) is 0 Å². The zero-order chi connectivity index (χ0) is 12.4. The third-order valence-electron chi connectivity index (χ3n) is 3.01. The first-order chi connectivity index (χ1) is 7.67. The summed E-state index contributed by atoms with van der Waals surface area (Å²) in [4.78, 5) is 11.5. The predicted molar refractivity (Wildman–Crippen MR) is 66.4 cm³/mol. The van der Waals surface area contributed by atoms with E-state index in [4.69, 9.17) is 5.11 Å². The third-order valence-corrected chi connectivity index (χ3v) is 3.01. The maximum Gasteiger partial charge on any atom is 0.315 e. The number of amides is 2. The Morgan fingerprint density at radius 3 is 2.25 bits per heavy atom. The quantitative estimate of drug-likeness (QED) is 0.596. The highest BCUT2D eigenvalue weighted by Crippen LogP contribution is 2.05. The van der Waals surface area contributed by atoms with Gasteiger partial charge in [-0.1, -0.05) is 33.6 Å². The van der Waals surface area contributed by atoms with Crippen LogP contribution < -0.4 is 10.6 Å². The first kappa shape index (κ1) is 15.2. The molecule has 0 aliphatic rings. The van der Waals surface area contributed by atoms with E-state index in [2.05, 4.69) is 24.5 Å². The van der Waals surface area contributed by atoms with Crippen LogP contribution in [0.1, 0.15) is 46.5 Å². The van der Waals surface area contributed by atoms with Crippen LogP contribution in [0, 0.1) is 5.92 Å². The average molecular weight is 230 g/mol. The molecular formula is C12H26N2O2. The lowest BCUT2D eigenvalue weighted by atomic mass is 10.0. The van der Waals surface area contributed by atoms with Crippen molar-refractivity contribution in [2.45, 2.75) is 52.5 Å². The Kier molecular flexibility index (Phi) is 9.00. The van der Waals surface area contributed by atoms with Gasteiger partial charge in [0.25, 0.3) is 0 Å². The first-order valence-electron chi connectivity index (χ1n) is 6.33. The summed E-state index contributed by atoms with van der Waals surface area (Å²) in [5.74, 6) is 0.559. The van der Waals surface area contributed by atoms with Crippen LogP contribution in [0.15, 0.2) is 0 Å². The molecule has 4 nitrogen and oxygen atoms in total. The van der Waals surface area contributed by atoms with E-state index in [-0.39, 0.29) is 18.7 Å². The molecule has 4 heteroatoms. The van der Waals surface area contributed by atoms with Gasteiger partial charge in [-0.05, 0) is 18.8 Å². The second-order valence-electron chi connectivity index (χ2n) is 4.15. The summed E-state index contributed by atoms with van der Waals surface area (Å²) in [5, 5.41) is 14.5. The molecule has 0 aromatic rings. The highest BCUT2D eigenvalue weighted by Gasteiger charge is 2.10. The van der Waals surface area contributed by atoms with Gasteiger partial charge < -0.3 is 15.7 Å². The lowest BCUT2D eigenvalue weighted by Gasteiger charge is -2.18. The summed E-state index contributed by atoms with van der Waals surface area (Å²) >= 11 is 0. The van der Waals surface area contributed by atoms with Crippen molar-refractivity contribution in [3.63, 3.8) is 0 Å². The standard InChI is InChI=1S/C12H26N2O2/c1-4-10(5-2)9-13-12(16)14-11(6-3)7-8-15/h10-11,15H,4-9H2,1-3H3,(H2,13,14,16). The van der Waals surface area contributed by atoms with Crippen molar-refractivity contribution in [3.8, 4) is 0 Å². The molecule has 96 valence electrons. The lowest BCUT2D eigenvalue weighted by molar-refractivity contribution is 0.226. The molecule has 0 radical (unpaired) electrons. The molecule has 1 unspecified atom stereocenters. The van der Waals surface area contributed by atoms with Crippen molar-refractivity contribution in [2.75, 3.05) is 13.2 Å². The first-order valence-corrected chi connectivity index (χ1v) is 6.33. The minimum Gasteiger partial charge on any atom is -0.396 e. The smallest absolute Gasteiger partial charge is 0.315 e. The Bertz CT molecular complexity index is 182. The molecule has 3 N–H and O–H groups in total. The number of nitrogens with one attached hydrogen (secondary N) is 2. The van der Waals surface area contributed by atoms with Crippen molar-refractivity contribution in [1.29, 1.82) is 0 Å². The predicted octanol–water partition coefficient (Wildman–Crippen LogP) is 1.88. The molecule has 0 heterocycles. The van der Waals surface area contributed by atoms with Crippen LogP contribution in [0.2, 0.25) is 0 Å². The molecule has 0 saturated carbocycles. The fourth-order valence-electron chi connectivity index (χ4n) is 1.59. The summed E-state index contributed by atoms with van der Waals surface area (Å²) in [7, 11) is 0. The molecule has 0 aliphatic heterocycles. The van der Waals surface area contributed by atoms with E-state index in [9.17, 15) is 4.79 Å². The molecule has 0 aromatic carbocycles. The van der Waals surface area contributed by atoms with Crippen LogP contribution in [-0.2, 0) is 0 Å². The fraction of sp³-hybridized carbons (Fsp3) is 0.917. The van der Waals surface area contributed by atoms with Crippen molar-refractivity contribution in [3.05, 3.63) is 0 Å². The number of aliphatic hydroxyl groups is 1. The van der Waals surface area contributed by atoms with Gasteiger partial charge in [0.1, 0.15) is 0 Å². The number of rotatable bonds is 8. The topological polar surface area (TPSA) is 61.4 Å². The summed E-state index contributed by atoms with van der Waals surface area (Å²) in [6.45, 7) is 7.12. The molecule has 0 aromatic heterocycles. The Morgan fingerprint density at radius 2 is 1.81 bits per heavy atom. The van der Waals surface area contributed by atoms with Gasteiger partial charge in [0.2, 0.25) is 0 Å². The SMILES string of the molecule is CCC(CC)CNC(=O)NC(CC)CCO. The van der Waals surface area contributed by atoms with Crippen LogP contribution in [0.4, 0.5) is 4.79 Å². The minimum atomic E-state index is -0.118. The van der Waals surface area contributed by atoms with E-state index in [1.165, 1.54) is 0 Å². The van der Waals surface area contributed by atoms with E-state index in [0.29, 0.717) is 12.3 Å². The van der Waals surface area contributed by atoms with Crippen LogP contribution in [0.5, 0.6) is 0 Å². The highest BCUT2D eigenvalue weighted by atomic mass is 16.3. The molecule has 1 atom stereocenters. The normalized spacial score (nSPS) is 12.6. The van der Waals surface area contributed by atoms with E-state index >= 15 is 0 Å². The molecule has 2 amide bonds. The van der Waals surface area contributed by atoms with Gasteiger partial charge in [0, 0.05) is 19.2 Å². The zero-order valence-corrected chi connectivity index (χ0v) is 10.8. The Balaban J connectivity index is 3.79. The van der Waals surface area contributed by atoms with Gasteiger partial charge >= 0.3 is 6.03 Å². The second kappa shape index (κ2) is 9.46. The number of aliphatic hydroxyl groups excluding tert-OH is 1. The van der Waals surface area contributed by atoms with E-state index in [1.807, 2.05) is 6.92 Å². The Morgan fingerprint density at radius 1 is 1.19 bits per heavy atom. The summed E-state index contributed by atoms with van der Waals surface area (Å²) in [6.07, 6.45) is 3.64. The Hall–Kier alpha value is -0.770. The molecule has 0 rings (SSSR count). The largest absolute Gasteiger partial charge is 0.396 e. The number of carbonyl (C=O) groups excluding carboxylic acids is 1. The lowest BCUT2D eigenvalue weighted by Crippen LogP contribution is -2.43. The maximum atomic E-state index is 11.5. The monoisotopic (exact) mass is 230 g/mol. The average Bonchev–Trinajstić information content (AvgIpc) is 2.29. The molecular weight excluding hydrogens is 204 g/mol. The van der Waals surface area contributed by atoms with Crippen molar-refractivity contribution < 1.29 is 9.90 Å². The molecule has 0 aliphatic carbocycles. The molecule has 0 saturated heterocycles. The molecule has 0 bridgehead atoms. The van der Waals surface area contributed by atoms with Gasteiger partial charge in [-0.25, -0.2) is 4.79 Å². The zero-order valence-electron chi connectivity index (χ0n) is 10.8. The van der Waals surface area contributed by atoms with Crippen molar-refractivity contribution in [1.82, 2.24) is 10.6 Å². The third kappa shape index (κ3) is 6.67. The van der Waals surface area contributed by atoms with Gasteiger partial charge in [0.05, 0.1) is 0 Å². The second-order valence-corrected chi connectivity index (χ2v) is 4.15. The van der Waals surface area contributed by atoms with Gasteiger partial charge in [-0.15, -0.1) is 0 Å². The van der Waals surface area contributed by atoms with E-state index in [0.717, 1.165) is 25.8 Å².